The summed E-state index contributed by atoms with van der Waals surface area (Å²) in [6.45, 7) is 4.66. The molecule has 1 amide bonds. The molecule has 0 saturated carbocycles. The van der Waals surface area contributed by atoms with Crippen LogP contribution in [0.2, 0.25) is 0 Å². The molecule has 0 saturated heterocycles. The van der Waals surface area contributed by atoms with Gasteiger partial charge in [0.25, 0.3) is 0 Å². The van der Waals surface area contributed by atoms with Gasteiger partial charge < -0.3 is 25.0 Å². The number of ether oxygens (including phenoxy) is 2. The summed E-state index contributed by atoms with van der Waals surface area (Å²) in [6, 6.07) is 4.84. The molecule has 0 unspecified atom stereocenters. The van der Waals surface area contributed by atoms with E-state index in [1.165, 1.54) is 12.1 Å². The molecule has 0 bridgehead atoms. The van der Waals surface area contributed by atoms with E-state index in [9.17, 15) is 14.7 Å². The highest BCUT2D eigenvalue weighted by Gasteiger charge is 2.24. The van der Waals surface area contributed by atoms with Gasteiger partial charge in [-0.25, -0.2) is 9.59 Å². The van der Waals surface area contributed by atoms with Crippen LogP contribution in [0.15, 0.2) is 24.3 Å². The minimum Gasteiger partial charge on any atom is -0.504 e. The lowest BCUT2D eigenvalue weighted by Gasteiger charge is -2.22. The largest absolute Gasteiger partial charge is 0.504 e. The summed E-state index contributed by atoms with van der Waals surface area (Å²) in [5, 5.41) is 20.8. The first kappa shape index (κ1) is 16.6. The van der Waals surface area contributed by atoms with Crippen molar-refractivity contribution in [2.24, 2.45) is 0 Å². The Morgan fingerprint density at radius 1 is 1.29 bits per heavy atom. The summed E-state index contributed by atoms with van der Waals surface area (Å²) >= 11 is 0. The molecular weight excluding hydrogens is 278 g/mol. The molecule has 0 radical (unpaired) electrons. The fraction of sp³-hybridized carbons (Fsp3) is 0.429. The predicted molar refractivity (Wildman–Crippen MR) is 74.4 cm³/mol. The van der Waals surface area contributed by atoms with E-state index in [1.54, 1.807) is 32.9 Å². The highest BCUT2D eigenvalue weighted by molar-refractivity contribution is 5.80. The third kappa shape index (κ3) is 6.03. The van der Waals surface area contributed by atoms with Crippen molar-refractivity contribution in [2.45, 2.75) is 32.4 Å². The van der Waals surface area contributed by atoms with E-state index in [4.69, 9.17) is 14.6 Å². The molecule has 0 aromatic heterocycles. The van der Waals surface area contributed by atoms with Crippen LogP contribution >= 0.6 is 0 Å². The van der Waals surface area contributed by atoms with E-state index in [0.717, 1.165) is 0 Å². The molecule has 7 nitrogen and oxygen atoms in total. The molecule has 7 heteroatoms. The lowest BCUT2D eigenvalue weighted by atomic mass is 10.2. The molecule has 116 valence electrons. The first-order valence-electron chi connectivity index (χ1n) is 6.32. The van der Waals surface area contributed by atoms with Crippen molar-refractivity contribution >= 4 is 12.1 Å². The van der Waals surface area contributed by atoms with Crippen LogP contribution in [0.4, 0.5) is 4.79 Å². The zero-order valence-electron chi connectivity index (χ0n) is 12.1. The van der Waals surface area contributed by atoms with Crippen LogP contribution in [0.25, 0.3) is 0 Å². The van der Waals surface area contributed by atoms with E-state index >= 15 is 0 Å². The molecule has 0 fully saturated rings. The molecule has 0 heterocycles. The van der Waals surface area contributed by atoms with Gasteiger partial charge in [0.2, 0.25) is 0 Å². The molecule has 21 heavy (non-hydrogen) atoms. The van der Waals surface area contributed by atoms with Crippen molar-refractivity contribution in [1.82, 2.24) is 5.32 Å². The van der Waals surface area contributed by atoms with Crippen LogP contribution in [-0.2, 0) is 9.53 Å². The number of carboxylic acid groups (broad SMARTS) is 1. The van der Waals surface area contributed by atoms with Crippen molar-refractivity contribution in [1.29, 1.82) is 0 Å². The highest BCUT2D eigenvalue weighted by atomic mass is 16.6. The van der Waals surface area contributed by atoms with Crippen molar-refractivity contribution in [3.8, 4) is 11.5 Å². The molecule has 1 aromatic rings. The molecule has 1 atom stereocenters. The SMILES string of the molecule is CC(C)(C)OC(=O)N[C@@H](COc1ccccc1O)C(=O)O. The third-order valence-corrected chi connectivity index (χ3v) is 2.26. The van der Waals surface area contributed by atoms with Crippen LogP contribution in [-0.4, -0.2) is 40.5 Å². The average Bonchev–Trinajstić information content (AvgIpc) is 2.33. The van der Waals surface area contributed by atoms with Crippen LogP contribution in [0.1, 0.15) is 20.8 Å². The Morgan fingerprint density at radius 2 is 1.90 bits per heavy atom. The number of nitrogens with one attached hydrogen (secondary N) is 1. The Morgan fingerprint density at radius 3 is 2.43 bits per heavy atom. The standard InChI is InChI=1S/C14H19NO6/c1-14(2,3)21-13(19)15-9(12(17)18)8-20-11-7-5-4-6-10(11)16/h4-7,9,16H,8H2,1-3H3,(H,15,19)(H,17,18)/t9-/m0/s1. The van der Waals surface area contributed by atoms with Crippen LogP contribution in [0.5, 0.6) is 11.5 Å². The maximum absolute atomic E-state index is 11.6. The van der Waals surface area contributed by atoms with Gasteiger partial charge in [-0.3, -0.25) is 0 Å². The Kier molecular flexibility index (Phi) is 5.40. The predicted octanol–water partition coefficient (Wildman–Crippen LogP) is 1.75. The molecule has 0 spiro atoms. The van der Waals surface area contributed by atoms with Gasteiger partial charge in [0, 0.05) is 0 Å². The van der Waals surface area contributed by atoms with Gasteiger partial charge in [0.1, 0.15) is 12.2 Å². The van der Waals surface area contributed by atoms with Gasteiger partial charge in [0.15, 0.2) is 17.5 Å². The molecular formula is C14H19NO6. The third-order valence-electron chi connectivity index (χ3n) is 2.26. The van der Waals surface area contributed by atoms with Crippen LogP contribution < -0.4 is 10.1 Å². The van der Waals surface area contributed by atoms with E-state index in [1.807, 2.05) is 0 Å². The fourth-order valence-corrected chi connectivity index (χ4v) is 1.38. The number of benzene rings is 1. The first-order valence-corrected chi connectivity index (χ1v) is 6.32. The minimum atomic E-state index is -1.29. The van der Waals surface area contributed by atoms with Crippen molar-refractivity contribution in [2.75, 3.05) is 6.61 Å². The van der Waals surface area contributed by atoms with E-state index in [-0.39, 0.29) is 18.1 Å². The fourth-order valence-electron chi connectivity index (χ4n) is 1.38. The number of phenolic OH excluding ortho intramolecular Hbond substituents is 1. The number of para-hydroxylation sites is 2. The molecule has 0 aliphatic carbocycles. The van der Waals surface area contributed by atoms with Crippen LogP contribution in [0.3, 0.4) is 0 Å². The Balaban J connectivity index is 2.61. The van der Waals surface area contributed by atoms with E-state index in [2.05, 4.69) is 5.32 Å². The highest BCUT2D eigenvalue weighted by Crippen LogP contribution is 2.24. The average molecular weight is 297 g/mol. The maximum Gasteiger partial charge on any atom is 0.408 e. The van der Waals surface area contributed by atoms with Gasteiger partial charge in [-0.1, -0.05) is 12.1 Å². The minimum absolute atomic E-state index is 0.112. The number of aliphatic carboxylic acids is 1. The summed E-state index contributed by atoms with van der Waals surface area (Å²) in [4.78, 5) is 22.6. The Bertz CT molecular complexity index is 508. The number of phenols is 1. The molecule has 0 aliphatic heterocycles. The summed E-state index contributed by atoms with van der Waals surface area (Å²) in [6.07, 6.45) is -0.851. The van der Waals surface area contributed by atoms with Gasteiger partial charge in [-0.05, 0) is 32.9 Å². The quantitative estimate of drug-likeness (QED) is 0.764. The monoisotopic (exact) mass is 297 g/mol. The molecule has 0 aliphatic rings. The lowest BCUT2D eigenvalue weighted by Crippen LogP contribution is -2.46. The Hall–Kier alpha value is -2.44. The first-order chi connectivity index (χ1) is 9.69. The maximum atomic E-state index is 11.6. The topological polar surface area (TPSA) is 105 Å². The smallest absolute Gasteiger partial charge is 0.408 e. The summed E-state index contributed by atoms with van der Waals surface area (Å²) in [5.74, 6) is -1.25. The number of rotatable bonds is 5. The lowest BCUT2D eigenvalue weighted by molar-refractivity contribution is -0.140. The number of carbonyl (C=O) groups is 2. The number of alkyl carbamates (subject to hydrolysis) is 1. The van der Waals surface area contributed by atoms with E-state index < -0.39 is 23.7 Å². The van der Waals surface area contributed by atoms with Gasteiger partial charge in [-0.2, -0.15) is 0 Å². The second-order valence-electron chi connectivity index (χ2n) is 5.32. The summed E-state index contributed by atoms with van der Waals surface area (Å²) in [7, 11) is 0. The number of hydrogen-bond acceptors (Lipinski definition) is 5. The van der Waals surface area contributed by atoms with Crippen LogP contribution in [0, 0.1) is 0 Å². The number of hydrogen-bond donors (Lipinski definition) is 3. The molecule has 1 aromatic carbocycles. The van der Waals surface area contributed by atoms with Gasteiger partial charge >= 0.3 is 12.1 Å². The van der Waals surface area contributed by atoms with Crippen molar-refractivity contribution < 1.29 is 29.3 Å². The zero-order chi connectivity index (χ0) is 16.0. The summed E-state index contributed by atoms with van der Waals surface area (Å²) < 4.78 is 10.2. The Labute approximate surface area is 122 Å². The van der Waals surface area contributed by atoms with E-state index in [0.29, 0.717) is 0 Å². The van der Waals surface area contributed by atoms with Crippen molar-refractivity contribution in [3.63, 3.8) is 0 Å². The molecule has 1 rings (SSSR count). The van der Waals surface area contributed by atoms with Gasteiger partial charge in [0.05, 0.1) is 0 Å². The number of carbonyl (C=O) groups excluding carboxylic acids is 1. The zero-order valence-corrected chi connectivity index (χ0v) is 12.1. The van der Waals surface area contributed by atoms with Gasteiger partial charge in [-0.15, -0.1) is 0 Å². The normalized spacial score (nSPS) is 12.3. The van der Waals surface area contributed by atoms with Crippen molar-refractivity contribution in [3.05, 3.63) is 24.3 Å². The second kappa shape index (κ2) is 6.83. The number of aromatic hydroxyl groups is 1. The second-order valence-corrected chi connectivity index (χ2v) is 5.32. The number of carboxylic acids is 1. The number of amides is 1. The summed E-state index contributed by atoms with van der Waals surface area (Å²) in [5.41, 5.74) is -0.730. The molecule has 3 N–H and O–H groups in total.